The largest absolute Gasteiger partial charge is 0.379 e. The molecule has 1 fully saturated rings. The van der Waals surface area contributed by atoms with E-state index in [1.165, 1.54) is 16.4 Å². The third kappa shape index (κ3) is 3.73. The Morgan fingerprint density at radius 3 is 2.68 bits per heavy atom. The highest BCUT2D eigenvalue weighted by Gasteiger charge is 2.26. The van der Waals surface area contributed by atoms with Crippen molar-refractivity contribution >= 4 is 10.2 Å². The van der Waals surface area contributed by atoms with E-state index in [9.17, 15) is 12.8 Å². The lowest BCUT2D eigenvalue weighted by Crippen LogP contribution is -2.47. The molecule has 1 aliphatic heterocycles. The fourth-order valence-electron chi connectivity index (χ4n) is 1.93. The first kappa shape index (κ1) is 14.4. The summed E-state index contributed by atoms with van der Waals surface area (Å²) in [5.74, 6) is -0.380. The number of halogens is 1. The van der Waals surface area contributed by atoms with Gasteiger partial charge in [0.25, 0.3) is 10.2 Å². The van der Waals surface area contributed by atoms with Crippen molar-refractivity contribution in [3.63, 3.8) is 0 Å². The molecule has 0 saturated carbocycles. The Hall–Kier alpha value is -1.02. The standard InChI is InChI=1S/C12H17FN2O3S/c1-10(11-3-2-4-12(13)9-11)14-19(16,17)15-5-7-18-8-6-15/h2-4,9-10,14H,5-8H2,1H3/t10-/m0/s1. The maximum absolute atomic E-state index is 13.1. The molecule has 1 aromatic rings. The van der Waals surface area contributed by atoms with Crippen molar-refractivity contribution in [3.8, 4) is 0 Å². The van der Waals surface area contributed by atoms with E-state index in [1.54, 1.807) is 19.1 Å². The molecule has 5 nitrogen and oxygen atoms in total. The van der Waals surface area contributed by atoms with Crippen LogP contribution in [0.2, 0.25) is 0 Å². The Balaban J connectivity index is 2.07. The van der Waals surface area contributed by atoms with E-state index >= 15 is 0 Å². The number of benzene rings is 1. The topological polar surface area (TPSA) is 58.6 Å². The number of hydrogen-bond acceptors (Lipinski definition) is 3. The molecule has 1 atom stereocenters. The lowest BCUT2D eigenvalue weighted by molar-refractivity contribution is 0.0723. The molecule has 106 valence electrons. The highest BCUT2D eigenvalue weighted by Crippen LogP contribution is 2.16. The first-order valence-corrected chi connectivity index (χ1v) is 7.53. The summed E-state index contributed by atoms with van der Waals surface area (Å²) in [7, 11) is -3.56. The predicted octanol–water partition coefficient (Wildman–Crippen LogP) is 1.05. The fourth-order valence-corrected chi connectivity index (χ4v) is 3.29. The summed E-state index contributed by atoms with van der Waals surface area (Å²) in [6.45, 7) is 3.16. The van der Waals surface area contributed by atoms with Gasteiger partial charge in [-0.05, 0) is 24.6 Å². The van der Waals surface area contributed by atoms with E-state index in [0.717, 1.165) is 0 Å². The normalized spacial score (nSPS) is 19.3. The van der Waals surface area contributed by atoms with Crippen molar-refractivity contribution in [2.24, 2.45) is 0 Å². The summed E-state index contributed by atoms with van der Waals surface area (Å²) >= 11 is 0. The van der Waals surface area contributed by atoms with Gasteiger partial charge in [0.1, 0.15) is 5.82 Å². The maximum Gasteiger partial charge on any atom is 0.280 e. The molecule has 0 spiro atoms. The van der Waals surface area contributed by atoms with Crippen LogP contribution in [0.4, 0.5) is 4.39 Å². The minimum Gasteiger partial charge on any atom is -0.379 e. The van der Waals surface area contributed by atoms with E-state index in [0.29, 0.717) is 31.9 Å². The average molecular weight is 288 g/mol. The summed E-state index contributed by atoms with van der Waals surface area (Å²) in [6, 6.07) is 5.42. The number of hydrogen-bond donors (Lipinski definition) is 1. The van der Waals surface area contributed by atoms with Crippen LogP contribution in [0.15, 0.2) is 24.3 Å². The van der Waals surface area contributed by atoms with Crippen LogP contribution in [0.1, 0.15) is 18.5 Å². The number of nitrogens with one attached hydrogen (secondary N) is 1. The van der Waals surface area contributed by atoms with E-state index < -0.39 is 16.3 Å². The van der Waals surface area contributed by atoms with Crippen molar-refractivity contribution in [2.75, 3.05) is 26.3 Å². The zero-order valence-corrected chi connectivity index (χ0v) is 11.5. The van der Waals surface area contributed by atoms with Crippen molar-refractivity contribution in [2.45, 2.75) is 13.0 Å². The van der Waals surface area contributed by atoms with Gasteiger partial charge in [-0.1, -0.05) is 12.1 Å². The van der Waals surface area contributed by atoms with Crippen LogP contribution in [0.3, 0.4) is 0 Å². The van der Waals surface area contributed by atoms with Gasteiger partial charge in [0, 0.05) is 19.1 Å². The zero-order chi connectivity index (χ0) is 13.9. The molecule has 2 rings (SSSR count). The van der Waals surface area contributed by atoms with Gasteiger partial charge in [-0.15, -0.1) is 0 Å². The lowest BCUT2D eigenvalue weighted by atomic mass is 10.1. The van der Waals surface area contributed by atoms with Crippen LogP contribution >= 0.6 is 0 Å². The van der Waals surface area contributed by atoms with E-state index in [4.69, 9.17) is 4.74 Å². The molecule has 7 heteroatoms. The SMILES string of the molecule is C[C@H](NS(=O)(=O)N1CCOCC1)c1cccc(F)c1. The molecule has 0 amide bonds. The van der Waals surface area contributed by atoms with Gasteiger partial charge < -0.3 is 4.74 Å². The third-order valence-corrected chi connectivity index (χ3v) is 4.68. The minimum atomic E-state index is -3.56. The Kier molecular flexibility index (Phi) is 4.51. The Morgan fingerprint density at radius 1 is 1.37 bits per heavy atom. The summed E-state index contributed by atoms with van der Waals surface area (Å²) in [6.07, 6.45) is 0. The minimum absolute atomic E-state index is 0.338. The van der Waals surface area contributed by atoms with Gasteiger partial charge in [-0.2, -0.15) is 17.4 Å². The van der Waals surface area contributed by atoms with Gasteiger partial charge in [-0.25, -0.2) is 4.39 Å². The Bertz CT molecular complexity index is 530. The van der Waals surface area contributed by atoms with Gasteiger partial charge in [0.2, 0.25) is 0 Å². The van der Waals surface area contributed by atoms with Gasteiger partial charge in [0.05, 0.1) is 13.2 Å². The third-order valence-electron chi connectivity index (χ3n) is 2.98. The molecule has 0 unspecified atom stereocenters. The fraction of sp³-hybridized carbons (Fsp3) is 0.500. The summed E-state index contributed by atoms with van der Waals surface area (Å²) in [5, 5.41) is 0. The van der Waals surface area contributed by atoms with Crippen LogP contribution in [-0.4, -0.2) is 39.0 Å². The Labute approximate surface area is 112 Å². The molecular weight excluding hydrogens is 271 g/mol. The predicted molar refractivity (Wildman–Crippen MR) is 69.3 cm³/mol. The number of ether oxygens (including phenoxy) is 1. The molecule has 0 radical (unpaired) electrons. The second-order valence-electron chi connectivity index (χ2n) is 4.41. The first-order valence-electron chi connectivity index (χ1n) is 6.09. The number of rotatable bonds is 4. The lowest BCUT2D eigenvalue weighted by Gasteiger charge is -2.27. The second kappa shape index (κ2) is 5.96. The molecular formula is C12H17FN2O3S. The monoisotopic (exact) mass is 288 g/mol. The molecule has 1 aliphatic rings. The van der Waals surface area contributed by atoms with E-state index in [2.05, 4.69) is 4.72 Å². The quantitative estimate of drug-likeness (QED) is 0.901. The first-order chi connectivity index (χ1) is 8.99. The van der Waals surface area contributed by atoms with Gasteiger partial charge in [-0.3, -0.25) is 0 Å². The summed E-state index contributed by atoms with van der Waals surface area (Å²) < 4.78 is 46.4. The molecule has 0 bridgehead atoms. The highest BCUT2D eigenvalue weighted by molar-refractivity contribution is 7.87. The highest BCUT2D eigenvalue weighted by atomic mass is 32.2. The van der Waals surface area contributed by atoms with Crippen molar-refractivity contribution in [1.29, 1.82) is 0 Å². The van der Waals surface area contributed by atoms with Crippen LogP contribution < -0.4 is 4.72 Å². The maximum atomic E-state index is 13.1. The average Bonchev–Trinajstić information content (AvgIpc) is 2.39. The molecule has 19 heavy (non-hydrogen) atoms. The van der Waals surface area contributed by atoms with Gasteiger partial charge >= 0.3 is 0 Å². The van der Waals surface area contributed by atoms with Crippen LogP contribution in [-0.2, 0) is 14.9 Å². The molecule has 1 saturated heterocycles. The molecule has 0 aromatic heterocycles. The summed E-state index contributed by atoms with van der Waals surface area (Å²) in [4.78, 5) is 0. The molecule has 1 aromatic carbocycles. The summed E-state index contributed by atoms with van der Waals surface area (Å²) in [5.41, 5.74) is 0.594. The van der Waals surface area contributed by atoms with Gasteiger partial charge in [0.15, 0.2) is 0 Å². The number of morpholine rings is 1. The second-order valence-corrected chi connectivity index (χ2v) is 6.11. The smallest absolute Gasteiger partial charge is 0.280 e. The zero-order valence-electron chi connectivity index (χ0n) is 10.7. The van der Waals surface area contributed by atoms with Crippen molar-refractivity contribution in [1.82, 2.24) is 9.03 Å². The molecule has 1 N–H and O–H groups in total. The van der Waals surface area contributed by atoms with Crippen LogP contribution in [0.25, 0.3) is 0 Å². The van der Waals surface area contributed by atoms with Crippen molar-refractivity contribution in [3.05, 3.63) is 35.6 Å². The van der Waals surface area contributed by atoms with Crippen LogP contribution in [0.5, 0.6) is 0 Å². The van der Waals surface area contributed by atoms with Crippen LogP contribution in [0, 0.1) is 5.82 Å². The van der Waals surface area contributed by atoms with E-state index in [-0.39, 0.29) is 5.82 Å². The molecule has 1 heterocycles. The molecule has 0 aliphatic carbocycles. The van der Waals surface area contributed by atoms with E-state index in [1.807, 2.05) is 0 Å². The number of nitrogens with zero attached hydrogens (tertiary/aromatic N) is 1. The van der Waals surface area contributed by atoms with Crippen molar-refractivity contribution < 1.29 is 17.5 Å². The Morgan fingerprint density at radius 2 is 2.05 bits per heavy atom.